The molecule has 2 fully saturated rings. The summed E-state index contributed by atoms with van der Waals surface area (Å²) in [6, 6.07) is 2.91. The fourth-order valence-electron chi connectivity index (χ4n) is 3.13. The normalized spacial score (nSPS) is 26.9. The average molecular weight is 260 g/mol. The molecule has 5 nitrogen and oxygen atoms in total. The molecule has 1 aromatic rings. The number of hydrogen-bond donors (Lipinski definition) is 1. The number of aromatic nitrogens is 1. The lowest BCUT2D eigenvalue weighted by molar-refractivity contribution is 0.0687. The van der Waals surface area contributed by atoms with E-state index in [1.54, 1.807) is 0 Å². The monoisotopic (exact) mass is 260 g/mol. The van der Waals surface area contributed by atoms with Crippen LogP contribution in [0.25, 0.3) is 0 Å². The summed E-state index contributed by atoms with van der Waals surface area (Å²) in [4.78, 5) is 28.6. The highest BCUT2D eigenvalue weighted by Gasteiger charge is 2.62. The molecule has 2 unspecified atom stereocenters. The van der Waals surface area contributed by atoms with Gasteiger partial charge in [-0.3, -0.25) is 4.79 Å². The summed E-state index contributed by atoms with van der Waals surface area (Å²) in [5.41, 5.74) is 0.799. The van der Waals surface area contributed by atoms with Crippen LogP contribution in [0, 0.1) is 17.3 Å². The molecular formula is C14H16N2O3. The van der Waals surface area contributed by atoms with Crippen molar-refractivity contribution in [3.63, 3.8) is 0 Å². The summed E-state index contributed by atoms with van der Waals surface area (Å²) in [5.74, 6) is 0.0982. The van der Waals surface area contributed by atoms with Crippen LogP contribution in [0.15, 0.2) is 18.3 Å². The first-order valence-corrected chi connectivity index (χ1v) is 6.40. The number of carboxylic acid groups (broad SMARTS) is 1. The van der Waals surface area contributed by atoms with Gasteiger partial charge in [0.15, 0.2) is 0 Å². The number of piperidine rings is 1. The summed E-state index contributed by atoms with van der Waals surface area (Å²) in [5, 5.41) is 8.77. The number of carbonyl (C=O) groups is 2. The van der Waals surface area contributed by atoms with Crippen LogP contribution in [0.5, 0.6) is 0 Å². The number of pyridine rings is 1. The average Bonchev–Trinajstić information content (AvgIpc) is 2.79. The fourth-order valence-corrected chi connectivity index (χ4v) is 3.13. The first-order valence-electron chi connectivity index (χ1n) is 6.40. The zero-order valence-electron chi connectivity index (χ0n) is 11.0. The first kappa shape index (κ1) is 12.1. The highest BCUT2D eigenvalue weighted by molar-refractivity contribution is 5.95. The smallest absolute Gasteiger partial charge is 0.354 e. The maximum atomic E-state index is 12.2. The second-order valence-electron chi connectivity index (χ2n) is 5.98. The summed E-state index contributed by atoms with van der Waals surface area (Å²) < 4.78 is 0. The Morgan fingerprint density at radius 2 is 1.95 bits per heavy atom. The van der Waals surface area contributed by atoms with Gasteiger partial charge in [-0.05, 0) is 29.4 Å². The van der Waals surface area contributed by atoms with Crippen molar-refractivity contribution in [3.05, 3.63) is 29.6 Å². The van der Waals surface area contributed by atoms with E-state index < -0.39 is 5.97 Å². The van der Waals surface area contributed by atoms with Gasteiger partial charge in [-0.2, -0.15) is 0 Å². The maximum Gasteiger partial charge on any atom is 0.354 e. The molecule has 1 amide bonds. The molecular weight excluding hydrogens is 244 g/mol. The number of rotatable bonds is 2. The Morgan fingerprint density at radius 1 is 1.32 bits per heavy atom. The molecule has 2 heterocycles. The molecule has 1 saturated carbocycles. The van der Waals surface area contributed by atoms with Crippen molar-refractivity contribution in [2.75, 3.05) is 13.1 Å². The van der Waals surface area contributed by atoms with E-state index in [0.29, 0.717) is 22.8 Å². The quantitative estimate of drug-likeness (QED) is 0.875. The molecule has 3 rings (SSSR count). The Morgan fingerprint density at radius 3 is 2.42 bits per heavy atom. The molecule has 1 aromatic heterocycles. The zero-order chi connectivity index (χ0) is 13.8. The topological polar surface area (TPSA) is 70.5 Å². The van der Waals surface area contributed by atoms with E-state index in [9.17, 15) is 9.59 Å². The molecule has 0 bridgehead atoms. The van der Waals surface area contributed by atoms with Crippen LogP contribution in [-0.2, 0) is 0 Å². The Kier molecular flexibility index (Phi) is 2.42. The number of aromatic carboxylic acids is 1. The third-order valence-electron chi connectivity index (χ3n) is 4.64. The van der Waals surface area contributed by atoms with Crippen LogP contribution in [-0.4, -0.2) is 40.0 Å². The van der Waals surface area contributed by atoms with E-state index in [2.05, 4.69) is 18.8 Å². The van der Waals surface area contributed by atoms with Crippen LogP contribution >= 0.6 is 0 Å². The van der Waals surface area contributed by atoms with Gasteiger partial charge in [0, 0.05) is 19.3 Å². The van der Waals surface area contributed by atoms with Gasteiger partial charge in [-0.1, -0.05) is 13.8 Å². The molecule has 19 heavy (non-hydrogen) atoms. The summed E-state index contributed by atoms with van der Waals surface area (Å²) in [6.07, 6.45) is 1.35. The van der Waals surface area contributed by atoms with E-state index in [4.69, 9.17) is 5.11 Å². The minimum atomic E-state index is -1.08. The van der Waals surface area contributed by atoms with Crippen molar-refractivity contribution in [1.29, 1.82) is 0 Å². The summed E-state index contributed by atoms with van der Waals surface area (Å²) in [7, 11) is 0. The third kappa shape index (κ3) is 1.80. The molecule has 1 aliphatic carbocycles. The van der Waals surface area contributed by atoms with E-state index in [-0.39, 0.29) is 11.6 Å². The fraction of sp³-hybridized carbons (Fsp3) is 0.500. The number of carbonyl (C=O) groups excluding carboxylic acids is 1. The van der Waals surface area contributed by atoms with E-state index in [1.807, 2.05) is 4.90 Å². The molecule has 0 spiro atoms. The van der Waals surface area contributed by atoms with Crippen LogP contribution in [0.4, 0.5) is 0 Å². The van der Waals surface area contributed by atoms with Crippen molar-refractivity contribution >= 4 is 11.9 Å². The van der Waals surface area contributed by atoms with Gasteiger partial charge in [-0.15, -0.1) is 0 Å². The van der Waals surface area contributed by atoms with E-state index in [1.165, 1.54) is 18.3 Å². The summed E-state index contributed by atoms with van der Waals surface area (Å²) >= 11 is 0. The molecule has 1 N–H and O–H groups in total. The van der Waals surface area contributed by atoms with Crippen LogP contribution < -0.4 is 0 Å². The highest BCUT2D eigenvalue weighted by atomic mass is 16.4. The molecule has 2 atom stereocenters. The molecule has 1 aliphatic heterocycles. The molecule has 2 aliphatic rings. The zero-order valence-corrected chi connectivity index (χ0v) is 11.0. The van der Waals surface area contributed by atoms with E-state index in [0.717, 1.165) is 13.1 Å². The van der Waals surface area contributed by atoms with Crippen molar-refractivity contribution in [3.8, 4) is 0 Å². The first-order chi connectivity index (χ1) is 8.91. The lowest BCUT2D eigenvalue weighted by Gasteiger charge is -2.22. The van der Waals surface area contributed by atoms with Crippen LogP contribution in [0.1, 0.15) is 34.7 Å². The Balaban J connectivity index is 1.70. The SMILES string of the molecule is CC1(C)C2CN(C(=O)c3ccc(C(=O)O)nc3)CC21. The lowest BCUT2D eigenvalue weighted by atomic mass is 10.1. The lowest BCUT2D eigenvalue weighted by Crippen LogP contribution is -2.32. The number of hydrogen-bond acceptors (Lipinski definition) is 3. The predicted octanol–water partition coefficient (Wildman–Crippen LogP) is 1.51. The van der Waals surface area contributed by atoms with Crippen LogP contribution in [0.2, 0.25) is 0 Å². The van der Waals surface area contributed by atoms with Crippen molar-refractivity contribution < 1.29 is 14.7 Å². The molecule has 5 heteroatoms. The third-order valence-corrected chi connectivity index (χ3v) is 4.64. The maximum absolute atomic E-state index is 12.2. The van der Waals surface area contributed by atoms with Crippen molar-refractivity contribution in [2.24, 2.45) is 17.3 Å². The van der Waals surface area contributed by atoms with Crippen molar-refractivity contribution in [2.45, 2.75) is 13.8 Å². The Hall–Kier alpha value is -1.91. The highest BCUT2D eigenvalue weighted by Crippen LogP contribution is 2.62. The van der Waals surface area contributed by atoms with Gasteiger partial charge in [0.25, 0.3) is 5.91 Å². The van der Waals surface area contributed by atoms with Gasteiger partial charge in [0.05, 0.1) is 5.56 Å². The predicted molar refractivity (Wildman–Crippen MR) is 67.9 cm³/mol. The van der Waals surface area contributed by atoms with Crippen molar-refractivity contribution in [1.82, 2.24) is 9.88 Å². The minimum Gasteiger partial charge on any atom is -0.477 e. The van der Waals surface area contributed by atoms with Gasteiger partial charge in [-0.25, -0.2) is 9.78 Å². The second-order valence-corrected chi connectivity index (χ2v) is 5.98. The molecule has 0 aromatic carbocycles. The minimum absolute atomic E-state index is 0.0399. The van der Waals surface area contributed by atoms with Gasteiger partial charge < -0.3 is 10.0 Å². The number of carboxylic acids is 1. The van der Waals surface area contributed by atoms with Crippen LogP contribution in [0.3, 0.4) is 0 Å². The molecule has 100 valence electrons. The number of fused-ring (bicyclic) bond motifs is 1. The largest absolute Gasteiger partial charge is 0.477 e. The van der Waals surface area contributed by atoms with Gasteiger partial charge >= 0.3 is 5.97 Å². The molecule has 1 saturated heterocycles. The molecule has 0 radical (unpaired) electrons. The number of nitrogens with zero attached hydrogens (tertiary/aromatic N) is 2. The number of likely N-dealkylation sites (tertiary alicyclic amines) is 1. The Labute approximate surface area is 111 Å². The number of amides is 1. The van der Waals surface area contributed by atoms with Gasteiger partial charge in [0.2, 0.25) is 0 Å². The van der Waals surface area contributed by atoms with Gasteiger partial charge in [0.1, 0.15) is 5.69 Å². The second kappa shape index (κ2) is 3.79. The Bertz CT molecular complexity index is 536. The van der Waals surface area contributed by atoms with E-state index >= 15 is 0 Å². The summed E-state index contributed by atoms with van der Waals surface area (Å²) in [6.45, 7) is 6.09. The standard InChI is InChI=1S/C14H16N2O3/c1-14(2)9-6-16(7-10(9)14)12(17)8-3-4-11(13(18)19)15-5-8/h3-5,9-10H,6-7H2,1-2H3,(H,18,19).